The SMILES string of the molecule is O=C(NCCCN1CCCCC1)c1ccccc1[N+](=O)[O-]. The van der Waals surface area contributed by atoms with Gasteiger partial charge in [0.1, 0.15) is 5.56 Å². The molecule has 6 heteroatoms. The minimum Gasteiger partial charge on any atom is -0.352 e. The number of nitrogens with zero attached hydrogens (tertiary/aromatic N) is 2. The van der Waals surface area contributed by atoms with Crippen LogP contribution in [0.2, 0.25) is 0 Å². The van der Waals surface area contributed by atoms with Gasteiger partial charge < -0.3 is 10.2 Å². The van der Waals surface area contributed by atoms with Crippen molar-refractivity contribution in [1.29, 1.82) is 0 Å². The maximum atomic E-state index is 12.0. The number of para-hydroxylation sites is 1. The van der Waals surface area contributed by atoms with Crippen LogP contribution in [0.3, 0.4) is 0 Å². The van der Waals surface area contributed by atoms with E-state index < -0.39 is 4.92 Å². The van der Waals surface area contributed by atoms with Crippen molar-refractivity contribution >= 4 is 11.6 Å². The number of nitro benzene ring substituents is 1. The van der Waals surface area contributed by atoms with Gasteiger partial charge in [-0.2, -0.15) is 0 Å². The van der Waals surface area contributed by atoms with Crippen molar-refractivity contribution in [2.75, 3.05) is 26.2 Å². The summed E-state index contributed by atoms with van der Waals surface area (Å²) in [5.41, 5.74) is -0.0218. The van der Waals surface area contributed by atoms with Gasteiger partial charge in [-0.05, 0) is 45.0 Å². The number of carbonyl (C=O) groups is 1. The molecule has 0 saturated carbocycles. The highest BCUT2D eigenvalue weighted by Crippen LogP contribution is 2.17. The number of nitro groups is 1. The molecule has 0 radical (unpaired) electrons. The molecule has 1 aromatic carbocycles. The molecule has 114 valence electrons. The second-order valence-electron chi connectivity index (χ2n) is 5.29. The Morgan fingerprint density at radius 2 is 1.95 bits per heavy atom. The quantitative estimate of drug-likeness (QED) is 0.495. The molecule has 2 rings (SSSR count). The third-order valence-corrected chi connectivity index (χ3v) is 3.73. The van der Waals surface area contributed by atoms with Crippen LogP contribution in [0.15, 0.2) is 24.3 Å². The second-order valence-corrected chi connectivity index (χ2v) is 5.29. The Balaban J connectivity index is 1.78. The second kappa shape index (κ2) is 7.73. The summed E-state index contributed by atoms with van der Waals surface area (Å²) in [6, 6.07) is 6.03. The van der Waals surface area contributed by atoms with Gasteiger partial charge in [-0.25, -0.2) is 0 Å². The summed E-state index contributed by atoms with van der Waals surface area (Å²) in [5.74, 6) is -0.374. The highest BCUT2D eigenvalue weighted by molar-refractivity contribution is 5.98. The summed E-state index contributed by atoms with van der Waals surface area (Å²) >= 11 is 0. The van der Waals surface area contributed by atoms with Crippen LogP contribution < -0.4 is 5.32 Å². The predicted octanol–water partition coefficient (Wildman–Crippen LogP) is 2.20. The standard InChI is InChI=1S/C15H21N3O3/c19-15(13-7-2-3-8-14(13)18(20)21)16-9-6-12-17-10-4-1-5-11-17/h2-3,7-8H,1,4-6,9-12H2,(H,16,19). The van der Waals surface area contributed by atoms with Crippen molar-refractivity contribution in [1.82, 2.24) is 10.2 Å². The van der Waals surface area contributed by atoms with Crippen LogP contribution in [0, 0.1) is 10.1 Å². The third-order valence-electron chi connectivity index (χ3n) is 3.73. The summed E-state index contributed by atoms with van der Waals surface area (Å²) in [7, 11) is 0. The van der Waals surface area contributed by atoms with Crippen LogP contribution >= 0.6 is 0 Å². The molecular weight excluding hydrogens is 270 g/mol. The summed E-state index contributed by atoms with van der Waals surface area (Å²) in [6.07, 6.45) is 4.68. The van der Waals surface area contributed by atoms with Gasteiger partial charge in [0, 0.05) is 12.6 Å². The van der Waals surface area contributed by atoms with E-state index in [-0.39, 0.29) is 17.2 Å². The molecule has 0 bridgehead atoms. The number of rotatable bonds is 6. The predicted molar refractivity (Wildman–Crippen MR) is 80.3 cm³/mol. The van der Waals surface area contributed by atoms with Crippen molar-refractivity contribution < 1.29 is 9.72 Å². The molecular formula is C15H21N3O3. The Hall–Kier alpha value is -1.95. The van der Waals surface area contributed by atoms with Crippen molar-refractivity contribution in [3.63, 3.8) is 0 Å². The van der Waals surface area contributed by atoms with Gasteiger partial charge in [0.25, 0.3) is 11.6 Å². The zero-order valence-corrected chi connectivity index (χ0v) is 12.1. The van der Waals surface area contributed by atoms with Crippen LogP contribution in [0.25, 0.3) is 0 Å². The molecule has 1 amide bonds. The van der Waals surface area contributed by atoms with Gasteiger partial charge >= 0.3 is 0 Å². The Morgan fingerprint density at radius 3 is 2.67 bits per heavy atom. The topological polar surface area (TPSA) is 75.5 Å². The summed E-state index contributed by atoms with van der Waals surface area (Å²) in [5, 5.41) is 13.6. The lowest BCUT2D eigenvalue weighted by molar-refractivity contribution is -0.385. The number of hydrogen-bond acceptors (Lipinski definition) is 4. The van der Waals surface area contributed by atoms with Gasteiger partial charge in [-0.1, -0.05) is 18.6 Å². The fourth-order valence-corrected chi connectivity index (χ4v) is 2.61. The Bertz CT molecular complexity index is 499. The highest BCUT2D eigenvalue weighted by atomic mass is 16.6. The van der Waals surface area contributed by atoms with Crippen LogP contribution in [0.5, 0.6) is 0 Å². The molecule has 1 fully saturated rings. The number of carbonyl (C=O) groups excluding carboxylic acids is 1. The van der Waals surface area contributed by atoms with Gasteiger partial charge in [-0.15, -0.1) is 0 Å². The van der Waals surface area contributed by atoms with Crippen LogP contribution in [-0.4, -0.2) is 41.9 Å². The van der Waals surface area contributed by atoms with Crippen molar-refractivity contribution in [3.8, 4) is 0 Å². The van der Waals surface area contributed by atoms with Gasteiger partial charge in [-0.3, -0.25) is 14.9 Å². The Kier molecular flexibility index (Phi) is 5.68. The zero-order valence-electron chi connectivity index (χ0n) is 12.1. The van der Waals surface area contributed by atoms with E-state index in [9.17, 15) is 14.9 Å². The molecule has 0 aliphatic carbocycles. The smallest absolute Gasteiger partial charge is 0.282 e. The lowest BCUT2D eigenvalue weighted by atomic mass is 10.1. The van der Waals surface area contributed by atoms with E-state index >= 15 is 0 Å². The Labute approximate surface area is 124 Å². The molecule has 1 aliphatic rings. The number of amides is 1. The van der Waals surface area contributed by atoms with Crippen molar-refractivity contribution in [3.05, 3.63) is 39.9 Å². The fraction of sp³-hybridized carbons (Fsp3) is 0.533. The Morgan fingerprint density at radius 1 is 1.24 bits per heavy atom. The first kappa shape index (κ1) is 15.4. The maximum Gasteiger partial charge on any atom is 0.282 e. The van der Waals surface area contributed by atoms with E-state index in [1.54, 1.807) is 12.1 Å². The molecule has 1 N–H and O–H groups in total. The largest absolute Gasteiger partial charge is 0.352 e. The third kappa shape index (κ3) is 4.53. The lowest BCUT2D eigenvalue weighted by Crippen LogP contribution is -2.33. The van der Waals surface area contributed by atoms with Crippen molar-refractivity contribution in [2.45, 2.75) is 25.7 Å². The molecule has 1 heterocycles. The number of piperidine rings is 1. The molecule has 0 aromatic heterocycles. The van der Waals surface area contributed by atoms with E-state index in [4.69, 9.17) is 0 Å². The average molecular weight is 291 g/mol. The van der Waals surface area contributed by atoms with Crippen LogP contribution in [-0.2, 0) is 0 Å². The summed E-state index contributed by atoms with van der Waals surface area (Å²) in [4.78, 5) is 24.8. The number of hydrogen-bond donors (Lipinski definition) is 1. The molecule has 1 saturated heterocycles. The van der Waals surface area contributed by atoms with Gasteiger partial charge in [0.2, 0.25) is 0 Å². The van der Waals surface area contributed by atoms with E-state index in [1.807, 2.05) is 0 Å². The van der Waals surface area contributed by atoms with E-state index in [0.717, 1.165) is 26.1 Å². The van der Waals surface area contributed by atoms with E-state index in [1.165, 1.54) is 31.4 Å². The first-order valence-electron chi connectivity index (χ1n) is 7.42. The molecule has 21 heavy (non-hydrogen) atoms. The maximum absolute atomic E-state index is 12.0. The summed E-state index contributed by atoms with van der Waals surface area (Å²) < 4.78 is 0. The average Bonchev–Trinajstić information content (AvgIpc) is 2.52. The molecule has 6 nitrogen and oxygen atoms in total. The first-order chi connectivity index (χ1) is 10.2. The molecule has 1 aromatic rings. The minimum absolute atomic E-state index is 0.125. The van der Waals surface area contributed by atoms with Gasteiger partial charge in [0.05, 0.1) is 4.92 Å². The highest BCUT2D eigenvalue weighted by Gasteiger charge is 2.18. The van der Waals surface area contributed by atoms with Gasteiger partial charge in [0.15, 0.2) is 0 Å². The van der Waals surface area contributed by atoms with Crippen LogP contribution in [0.1, 0.15) is 36.0 Å². The zero-order chi connectivity index (χ0) is 15.1. The normalized spacial score (nSPS) is 15.6. The summed E-state index contributed by atoms with van der Waals surface area (Å²) in [6.45, 7) is 3.79. The fourth-order valence-electron chi connectivity index (χ4n) is 2.61. The minimum atomic E-state index is -0.525. The molecule has 1 aliphatic heterocycles. The molecule has 0 spiro atoms. The number of likely N-dealkylation sites (tertiary alicyclic amines) is 1. The number of nitrogens with one attached hydrogen (secondary N) is 1. The van der Waals surface area contributed by atoms with Crippen molar-refractivity contribution in [2.24, 2.45) is 0 Å². The number of benzene rings is 1. The molecule has 0 atom stereocenters. The van der Waals surface area contributed by atoms with E-state index in [0.29, 0.717) is 6.54 Å². The monoisotopic (exact) mass is 291 g/mol. The first-order valence-corrected chi connectivity index (χ1v) is 7.42. The van der Waals surface area contributed by atoms with E-state index in [2.05, 4.69) is 10.2 Å². The van der Waals surface area contributed by atoms with Crippen LogP contribution in [0.4, 0.5) is 5.69 Å². The molecule has 0 unspecified atom stereocenters. The lowest BCUT2D eigenvalue weighted by Gasteiger charge is -2.26.